The summed E-state index contributed by atoms with van der Waals surface area (Å²) in [6, 6.07) is 7.89. The van der Waals surface area contributed by atoms with Crippen molar-refractivity contribution in [2.24, 2.45) is 0 Å². The van der Waals surface area contributed by atoms with Gasteiger partial charge in [0, 0.05) is 44.3 Å². The van der Waals surface area contributed by atoms with E-state index in [9.17, 15) is 4.39 Å². The fourth-order valence-electron chi connectivity index (χ4n) is 3.21. The van der Waals surface area contributed by atoms with Crippen molar-refractivity contribution in [3.63, 3.8) is 0 Å². The first-order valence-corrected chi connectivity index (χ1v) is 6.65. The third-order valence-corrected chi connectivity index (χ3v) is 4.07. The molecule has 3 nitrogen and oxygen atoms in total. The van der Waals surface area contributed by atoms with E-state index < -0.39 is 0 Å². The number of rotatable bonds is 1. The molecule has 0 aromatic heterocycles. The Hall–Kier alpha value is -0.970. The van der Waals surface area contributed by atoms with Crippen LogP contribution < -0.4 is 5.32 Å². The van der Waals surface area contributed by atoms with Crippen molar-refractivity contribution in [3.8, 4) is 0 Å². The number of nitrogens with one attached hydrogen (secondary N) is 1. The van der Waals surface area contributed by atoms with E-state index in [2.05, 4.69) is 22.2 Å². The van der Waals surface area contributed by atoms with Crippen LogP contribution in [0.3, 0.4) is 0 Å². The van der Waals surface area contributed by atoms with E-state index in [0.29, 0.717) is 6.04 Å². The average molecular weight is 249 g/mol. The van der Waals surface area contributed by atoms with Gasteiger partial charge in [0.15, 0.2) is 0 Å². The molecule has 2 heterocycles. The molecule has 98 valence electrons. The van der Waals surface area contributed by atoms with Crippen molar-refractivity contribution in [2.45, 2.75) is 12.1 Å². The van der Waals surface area contributed by atoms with Crippen LogP contribution in [0.15, 0.2) is 24.3 Å². The van der Waals surface area contributed by atoms with Crippen LogP contribution in [0.1, 0.15) is 11.6 Å². The number of fused-ring (bicyclic) bond motifs is 1. The van der Waals surface area contributed by atoms with Crippen LogP contribution >= 0.6 is 0 Å². The van der Waals surface area contributed by atoms with Crippen molar-refractivity contribution in [1.29, 1.82) is 0 Å². The molecule has 1 aromatic rings. The van der Waals surface area contributed by atoms with E-state index in [1.807, 2.05) is 12.1 Å². The fraction of sp³-hybridized carbons (Fsp3) is 0.571. The predicted molar refractivity (Wildman–Crippen MR) is 70.0 cm³/mol. The molecule has 0 bridgehead atoms. The molecule has 2 saturated heterocycles. The van der Waals surface area contributed by atoms with Crippen LogP contribution in [0.25, 0.3) is 0 Å². The van der Waals surface area contributed by atoms with E-state index >= 15 is 0 Å². The summed E-state index contributed by atoms with van der Waals surface area (Å²) in [5, 5.41) is 3.43. The topological polar surface area (TPSA) is 18.5 Å². The summed E-state index contributed by atoms with van der Waals surface area (Å²) >= 11 is 0. The first kappa shape index (κ1) is 12.1. The summed E-state index contributed by atoms with van der Waals surface area (Å²) in [4.78, 5) is 4.78. The van der Waals surface area contributed by atoms with Gasteiger partial charge < -0.3 is 10.2 Å². The zero-order valence-electron chi connectivity index (χ0n) is 10.8. The number of hydrogen-bond acceptors (Lipinski definition) is 3. The van der Waals surface area contributed by atoms with E-state index in [1.54, 1.807) is 12.1 Å². The Bertz CT molecular complexity index is 423. The molecule has 0 saturated carbocycles. The molecule has 3 rings (SSSR count). The maximum atomic E-state index is 14.0. The number of piperazine rings is 2. The normalized spacial score (nSPS) is 30.1. The zero-order valence-corrected chi connectivity index (χ0v) is 10.8. The Labute approximate surface area is 108 Å². The molecular formula is C14H20FN3. The van der Waals surface area contributed by atoms with Gasteiger partial charge in [-0.2, -0.15) is 0 Å². The van der Waals surface area contributed by atoms with Crippen LogP contribution in [0.5, 0.6) is 0 Å². The standard InChI is InChI=1S/C14H20FN3/c1-17-9-11-8-16-6-7-18(11)14(10-17)12-4-2-3-5-13(12)15/h2-5,11,14,16H,6-10H2,1H3. The summed E-state index contributed by atoms with van der Waals surface area (Å²) in [7, 11) is 2.12. The average Bonchev–Trinajstić information content (AvgIpc) is 2.38. The van der Waals surface area contributed by atoms with Crippen LogP contribution in [-0.2, 0) is 0 Å². The summed E-state index contributed by atoms with van der Waals surface area (Å²) in [5.74, 6) is -0.0740. The molecule has 2 unspecified atom stereocenters. The molecule has 2 aliphatic rings. The first-order chi connectivity index (χ1) is 8.75. The van der Waals surface area contributed by atoms with Gasteiger partial charge in [0.05, 0.1) is 6.04 Å². The minimum Gasteiger partial charge on any atom is -0.314 e. The number of likely N-dealkylation sites (N-methyl/N-ethyl adjacent to an activating group) is 1. The summed E-state index contributed by atoms with van der Waals surface area (Å²) in [6.07, 6.45) is 0. The highest BCUT2D eigenvalue weighted by molar-refractivity contribution is 5.23. The van der Waals surface area contributed by atoms with Gasteiger partial charge in [-0.05, 0) is 13.1 Å². The number of hydrogen-bond donors (Lipinski definition) is 1. The minimum atomic E-state index is -0.0740. The molecule has 18 heavy (non-hydrogen) atoms. The molecule has 2 atom stereocenters. The Kier molecular flexibility index (Phi) is 3.33. The Morgan fingerprint density at radius 3 is 2.94 bits per heavy atom. The maximum absolute atomic E-state index is 14.0. The summed E-state index contributed by atoms with van der Waals surface area (Å²) in [6.45, 7) is 5.01. The highest BCUT2D eigenvalue weighted by Gasteiger charge is 2.36. The predicted octanol–water partition coefficient (Wildman–Crippen LogP) is 1.09. The molecule has 2 fully saturated rings. The molecule has 0 spiro atoms. The molecule has 2 aliphatic heterocycles. The van der Waals surface area contributed by atoms with Crippen LogP contribution in [0.2, 0.25) is 0 Å². The smallest absolute Gasteiger partial charge is 0.128 e. The largest absolute Gasteiger partial charge is 0.314 e. The van der Waals surface area contributed by atoms with E-state index in [4.69, 9.17) is 0 Å². The molecule has 0 amide bonds. The highest BCUT2D eigenvalue weighted by atomic mass is 19.1. The van der Waals surface area contributed by atoms with E-state index in [-0.39, 0.29) is 11.9 Å². The van der Waals surface area contributed by atoms with Gasteiger partial charge in [-0.3, -0.25) is 4.90 Å². The number of nitrogens with zero attached hydrogens (tertiary/aromatic N) is 2. The maximum Gasteiger partial charge on any atom is 0.128 e. The van der Waals surface area contributed by atoms with Gasteiger partial charge >= 0.3 is 0 Å². The Balaban J connectivity index is 1.91. The third-order valence-electron chi connectivity index (χ3n) is 4.07. The SMILES string of the molecule is CN1CC2CNCCN2C(c2ccccc2F)C1. The second kappa shape index (κ2) is 4.96. The lowest BCUT2D eigenvalue weighted by molar-refractivity contribution is 0.0180. The lowest BCUT2D eigenvalue weighted by atomic mass is 9.97. The number of halogens is 1. The lowest BCUT2D eigenvalue weighted by Crippen LogP contribution is -2.61. The minimum absolute atomic E-state index is 0.0740. The van der Waals surface area contributed by atoms with Gasteiger partial charge in [-0.1, -0.05) is 18.2 Å². The van der Waals surface area contributed by atoms with Gasteiger partial charge in [-0.25, -0.2) is 4.39 Å². The van der Waals surface area contributed by atoms with Crippen molar-refractivity contribution in [3.05, 3.63) is 35.6 Å². The van der Waals surface area contributed by atoms with Crippen molar-refractivity contribution < 1.29 is 4.39 Å². The van der Waals surface area contributed by atoms with Gasteiger partial charge in [0.25, 0.3) is 0 Å². The fourth-order valence-corrected chi connectivity index (χ4v) is 3.21. The van der Waals surface area contributed by atoms with Crippen molar-refractivity contribution >= 4 is 0 Å². The van der Waals surface area contributed by atoms with Crippen LogP contribution in [0.4, 0.5) is 4.39 Å². The Morgan fingerprint density at radius 2 is 2.11 bits per heavy atom. The molecule has 0 radical (unpaired) electrons. The molecule has 0 aliphatic carbocycles. The zero-order chi connectivity index (χ0) is 12.5. The van der Waals surface area contributed by atoms with Gasteiger partial charge in [0.2, 0.25) is 0 Å². The highest BCUT2D eigenvalue weighted by Crippen LogP contribution is 2.30. The third kappa shape index (κ3) is 2.16. The second-order valence-electron chi connectivity index (χ2n) is 5.35. The first-order valence-electron chi connectivity index (χ1n) is 6.65. The Morgan fingerprint density at radius 1 is 1.28 bits per heavy atom. The molecule has 1 N–H and O–H groups in total. The van der Waals surface area contributed by atoms with Crippen molar-refractivity contribution in [2.75, 3.05) is 39.8 Å². The number of benzene rings is 1. The second-order valence-corrected chi connectivity index (χ2v) is 5.35. The van der Waals surface area contributed by atoms with E-state index in [1.165, 1.54) is 0 Å². The summed E-state index contributed by atoms with van der Waals surface area (Å²) < 4.78 is 14.0. The molecule has 4 heteroatoms. The van der Waals surface area contributed by atoms with Crippen molar-refractivity contribution in [1.82, 2.24) is 15.1 Å². The lowest BCUT2D eigenvalue weighted by Gasteiger charge is -2.48. The monoisotopic (exact) mass is 249 g/mol. The molecular weight excluding hydrogens is 229 g/mol. The summed E-state index contributed by atoms with van der Waals surface area (Å²) in [5.41, 5.74) is 0.843. The quantitative estimate of drug-likeness (QED) is 0.803. The van der Waals surface area contributed by atoms with Gasteiger partial charge in [0.1, 0.15) is 5.82 Å². The van der Waals surface area contributed by atoms with Crippen LogP contribution in [-0.4, -0.2) is 55.6 Å². The van der Waals surface area contributed by atoms with Gasteiger partial charge in [-0.15, -0.1) is 0 Å². The van der Waals surface area contributed by atoms with Crippen LogP contribution in [0, 0.1) is 5.82 Å². The van der Waals surface area contributed by atoms with E-state index in [0.717, 1.165) is 38.3 Å². The molecule has 1 aromatic carbocycles.